The number of esters is 1. The van der Waals surface area contributed by atoms with Gasteiger partial charge in [0, 0.05) is 12.5 Å². The minimum absolute atomic E-state index is 0.0146. The van der Waals surface area contributed by atoms with E-state index in [1.807, 2.05) is 0 Å². The maximum absolute atomic E-state index is 11.4. The summed E-state index contributed by atoms with van der Waals surface area (Å²) in [5.74, 6) is 1.48. The van der Waals surface area contributed by atoms with Crippen LogP contribution in [0.15, 0.2) is 0 Å². The Bertz CT molecular complexity index is 359. The smallest absolute Gasteiger partial charge is 0.306 e. The van der Waals surface area contributed by atoms with Crippen molar-refractivity contribution >= 4 is 14.3 Å². The maximum Gasteiger partial charge on any atom is 0.306 e. The van der Waals surface area contributed by atoms with Gasteiger partial charge >= 0.3 is 5.97 Å². The summed E-state index contributed by atoms with van der Waals surface area (Å²) >= 11 is 0. The van der Waals surface area contributed by atoms with Crippen LogP contribution in [0.3, 0.4) is 0 Å². The molecule has 1 saturated heterocycles. The molecule has 19 heavy (non-hydrogen) atoms. The quantitative estimate of drug-likeness (QED) is 0.587. The third-order valence-corrected chi connectivity index (χ3v) is 9.99. The van der Waals surface area contributed by atoms with Crippen LogP contribution in [0, 0.1) is 17.8 Å². The first kappa shape index (κ1) is 15.0. The minimum atomic E-state index is -1.69. The van der Waals surface area contributed by atoms with Gasteiger partial charge in [-0.15, -0.1) is 0 Å². The summed E-state index contributed by atoms with van der Waals surface area (Å²) in [6.45, 7) is 14.5. The first-order valence-electron chi connectivity index (χ1n) is 7.45. The van der Waals surface area contributed by atoms with Crippen LogP contribution < -0.4 is 0 Å². The van der Waals surface area contributed by atoms with Crippen molar-refractivity contribution < 1.29 is 14.0 Å². The van der Waals surface area contributed by atoms with Crippen LogP contribution in [0.2, 0.25) is 18.1 Å². The second-order valence-corrected chi connectivity index (χ2v) is 12.7. The molecule has 1 saturated carbocycles. The van der Waals surface area contributed by atoms with E-state index >= 15 is 0 Å². The number of hydrogen-bond donors (Lipinski definition) is 0. The molecule has 0 aromatic heterocycles. The average Bonchev–Trinajstić information content (AvgIpc) is 2.69. The maximum atomic E-state index is 11.4. The fourth-order valence-corrected chi connectivity index (χ4v) is 4.09. The fourth-order valence-electron chi connectivity index (χ4n) is 3.05. The van der Waals surface area contributed by atoms with Crippen LogP contribution in [0.1, 0.15) is 40.5 Å². The highest BCUT2D eigenvalue weighted by Crippen LogP contribution is 2.46. The zero-order valence-electron chi connectivity index (χ0n) is 13.2. The number of rotatable bonds is 3. The molecule has 0 spiro atoms. The topological polar surface area (TPSA) is 35.5 Å². The highest BCUT2D eigenvalue weighted by molar-refractivity contribution is 6.74. The molecule has 0 amide bonds. The molecule has 110 valence electrons. The van der Waals surface area contributed by atoms with Gasteiger partial charge in [0.2, 0.25) is 0 Å². The lowest BCUT2D eigenvalue weighted by Crippen LogP contribution is -2.42. The molecule has 2 fully saturated rings. The van der Waals surface area contributed by atoms with E-state index in [-0.39, 0.29) is 17.1 Å². The zero-order chi connectivity index (χ0) is 14.4. The minimum Gasteiger partial charge on any atom is -0.462 e. The molecule has 2 rings (SSSR count). The van der Waals surface area contributed by atoms with E-state index in [0.717, 1.165) is 13.0 Å². The summed E-state index contributed by atoms with van der Waals surface area (Å²) in [6, 6.07) is 0. The monoisotopic (exact) mass is 284 g/mol. The predicted molar refractivity (Wildman–Crippen MR) is 78.4 cm³/mol. The van der Waals surface area contributed by atoms with Crippen LogP contribution in [-0.4, -0.2) is 27.0 Å². The van der Waals surface area contributed by atoms with E-state index in [9.17, 15) is 4.79 Å². The van der Waals surface area contributed by atoms with Crippen molar-refractivity contribution in [3.05, 3.63) is 0 Å². The molecule has 0 bridgehead atoms. The second-order valence-electron chi connectivity index (χ2n) is 7.84. The lowest BCUT2D eigenvalue weighted by molar-refractivity contribution is -0.141. The Morgan fingerprint density at radius 2 is 2.00 bits per heavy atom. The Balaban J connectivity index is 1.97. The summed E-state index contributed by atoms with van der Waals surface area (Å²) in [6.07, 6.45) is 1.78. The normalized spacial score (nSPS) is 35.4. The van der Waals surface area contributed by atoms with Gasteiger partial charge in [-0.3, -0.25) is 4.79 Å². The van der Waals surface area contributed by atoms with Crippen LogP contribution in [0.4, 0.5) is 0 Å². The number of hydrogen-bond acceptors (Lipinski definition) is 3. The van der Waals surface area contributed by atoms with Gasteiger partial charge in [0.1, 0.15) is 6.10 Å². The Kier molecular flexibility index (Phi) is 3.87. The third kappa shape index (κ3) is 2.89. The van der Waals surface area contributed by atoms with Crippen molar-refractivity contribution in [3.8, 4) is 0 Å². The Morgan fingerprint density at radius 3 is 2.58 bits per heavy atom. The Labute approximate surface area is 118 Å². The first-order valence-corrected chi connectivity index (χ1v) is 10.4. The summed E-state index contributed by atoms with van der Waals surface area (Å²) in [4.78, 5) is 11.4. The third-order valence-electron chi connectivity index (χ3n) is 5.49. The van der Waals surface area contributed by atoms with Crippen molar-refractivity contribution in [2.45, 2.75) is 64.8 Å². The molecule has 0 aromatic carbocycles. The summed E-state index contributed by atoms with van der Waals surface area (Å²) in [7, 11) is -1.69. The van der Waals surface area contributed by atoms with Crippen molar-refractivity contribution in [1.82, 2.24) is 0 Å². The van der Waals surface area contributed by atoms with Gasteiger partial charge in [-0.1, -0.05) is 27.7 Å². The molecule has 1 aliphatic carbocycles. The molecular formula is C15H28O3Si. The van der Waals surface area contributed by atoms with Gasteiger partial charge in [0.25, 0.3) is 0 Å². The largest absolute Gasteiger partial charge is 0.462 e. The van der Waals surface area contributed by atoms with Gasteiger partial charge in [-0.05, 0) is 36.4 Å². The van der Waals surface area contributed by atoms with E-state index in [4.69, 9.17) is 9.16 Å². The van der Waals surface area contributed by atoms with Crippen molar-refractivity contribution in [1.29, 1.82) is 0 Å². The van der Waals surface area contributed by atoms with E-state index in [1.54, 1.807) is 0 Å². The fraction of sp³-hybridized carbons (Fsp3) is 0.933. The molecule has 4 heteroatoms. The molecule has 3 nitrogen and oxygen atoms in total. The summed E-state index contributed by atoms with van der Waals surface area (Å²) in [5.41, 5.74) is 0. The van der Waals surface area contributed by atoms with E-state index in [2.05, 4.69) is 40.8 Å². The first-order chi connectivity index (χ1) is 8.62. The van der Waals surface area contributed by atoms with Gasteiger partial charge in [-0.25, -0.2) is 0 Å². The molecule has 0 radical (unpaired) electrons. The average molecular weight is 284 g/mol. The van der Waals surface area contributed by atoms with Gasteiger partial charge in [-0.2, -0.15) is 0 Å². The SMILES string of the molecule is C[C@@H]1C[C@@H]2OC(=O)C[C@@H]2[C@H]1CO[Si](C)(C)C(C)(C)C. The second kappa shape index (κ2) is 4.88. The van der Waals surface area contributed by atoms with Crippen LogP contribution in [0.5, 0.6) is 0 Å². The number of ether oxygens (including phenoxy) is 1. The predicted octanol–water partition coefficient (Wildman–Crippen LogP) is 3.60. The van der Waals surface area contributed by atoms with Gasteiger partial charge < -0.3 is 9.16 Å². The summed E-state index contributed by atoms with van der Waals surface area (Å²) < 4.78 is 11.8. The highest BCUT2D eigenvalue weighted by Gasteiger charge is 2.49. The number of carbonyl (C=O) groups is 1. The number of carbonyl (C=O) groups excluding carboxylic acids is 1. The molecule has 0 N–H and O–H groups in total. The standard InChI is InChI=1S/C15H28O3Si/c1-10-7-13-11(8-14(16)18-13)12(10)9-17-19(5,6)15(2,3)4/h10-13H,7-9H2,1-6H3/t10-,11-,12+,13+/m1/s1. The number of fused-ring (bicyclic) bond motifs is 1. The van der Waals surface area contributed by atoms with Crippen molar-refractivity contribution in [3.63, 3.8) is 0 Å². The molecular weight excluding hydrogens is 256 g/mol. The Hall–Kier alpha value is -0.353. The molecule has 1 heterocycles. The lowest BCUT2D eigenvalue weighted by atomic mass is 9.89. The van der Waals surface area contributed by atoms with Crippen LogP contribution in [-0.2, 0) is 14.0 Å². The molecule has 0 unspecified atom stereocenters. The highest BCUT2D eigenvalue weighted by atomic mass is 28.4. The zero-order valence-corrected chi connectivity index (χ0v) is 14.2. The Morgan fingerprint density at radius 1 is 1.37 bits per heavy atom. The van der Waals surface area contributed by atoms with Crippen molar-refractivity contribution in [2.75, 3.05) is 6.61 Å². The van der Waals surface area contributed by atoms with Gasteiger partial charge in [0.05, 0.1) is 6.42 Å². The van der Waals surface area contributed by atoms with E-state index < -0.39 is 8.32 Å². The molecule has 4 atom stereocenters. The van der Waals surface area contributed by atoms with Crippen LogP contribution in [0.25, 0.3) is 0 Å². The summed E-state index contributed by atoms with van der Waals surface area (Å²) in [5, 5.41) is 0.246. The van der Waals surface area contributed by atoms with E-state index in [0.29, 0.717) is 24.2 Å². The molecule has 0 aromatic rings. The van der Waals surface area contributed by atoms with E-state index in [1.165, 1.54) is 0 Å². The molecule has 2 aliphatic rings. The van der Waals surface area contributed by atoms with Crippen molar-refractivity contribution in [2.24, 2.45) is 17.8 Å². The van der Waals surface area contributed by atoms with Crippen LogP contribution >= 0.6 is 0 Å². The lowest BCUT2D eigenvalue weighted by Gasteiger charge is -2.37. The molecule has 1 aliphatic heterocycles. The van der Waals surface area contributed by atoms with Gasteiger partial charge in [0.15, 0.2) is 8.32 Å².